The maximum atomic E-state index is 5.45. The third-order valence-corrected chi connectivity index (χ3v) is 5.57. The van der Waals surface area contributed by atoms with Crippen LogP contribution in [0.3, 0.4) is 0 Å². The van der Waals surface area contributed by atoms with Gasteiger partial charge in [-0.25, -0.2) is 4.68 Å². The molecule has 25 heavy (non-hydrogen) atoms. The number of thiophene rings is 1. The lowest BCUT2D eigenvalue weighted by Crippen LogP contribution is -2.45. The van der Waals surface area contributed by atoms with E-state index in [1.54, 1.807) is 11.8 Å². The second-order valence-electron chi connectivity index (χ2n) is 6.50. The molecule has 1 atom stereocenters. The maximum Gasteiger partial charge on any atom is 0.120 e. The number of nitrogens with zero attached hydrogens (tertiary/aromatic N) is 6. The molecule has 132 valence electrons. The zero-order chi connectivity index (χ0) is 17.4. The Balaban J connectivity index is 1.64. The lowest BCUT2D eigenvalue weighted by Gasteiger charge is -2.35. The van der Waals surface area contributed by atoms with Crippen LogP contribution in [0.1, 0.15) is 15.4 Å². The predicted octanol–water partition coefficient (Wildman–Crippen LogP) is 2.08. The van der Waals surface area contributed by atoms with E-state index in [4.69, 9.17) is 4.74 Å². The lowest BCUT2D eigenvalue weighted by molar-refractivity contribution is 0.0510. The second kappa shape index (κ2) is 6.70. The van der Waals surface area contributed by atoms with Crippen LogP contribution in [0.25, 0.3) is 11.3 Å². The molecule has 4 heterocycles. The van der Waals surface area contributed by atoms with Crippen molar-refractivity contribution in [3.8, 4) is 11.3 Å². The van der Waals surface area contributed by atoms with E-state index < -0.39 is 0 Å². The summed E-state index contributed by atoms with van der Waals surface area (Å²) >= 11 is 1.85. The van der Waals surface area contributed by atoms with Crippen LogP contribution >= 0.6 is 11.3 Å². The Morgan fingerprint density at radius 1 is 1.36 bits per heavy atom. The van der Waals surface area contributed by atoms with Crippen LogP contribution in [0.15, 0.2) is 24.5 Å². The smallest absolute Gasteiger partial charge is 0.120 e. The van der Waals surface area contributed by atoms with Gasteiger partial charge in [0.15, 0.2) is 0 Å². The standard InChI is InChI=1S/C17H22N6OS/c1-12-4-5-15(25-12)9-22-10-16-17(13-6-18-21(2)7-13)19-20-23(16)8-14(22)11-24-3/h4-7,14H,8-11H2,1-3H3/t14-/m0/s1. The highest BCUT2D eigenvalue weighted by Gasteiger charge is 2.30. The molecule has 0 N–H and O–H groups in total. The van der Waals surface area contributed by atoms with Crippen LogP contribution in [0.5, 0.6) is 0 Å². The number of hydrogen-bond acceptors (Lipinski definition) is 6. The fourth-order valence-corrected chi connectivity index (χ4v) is 4.26. The van der Waals surface area contributed by atoms with Gasteiger partial charge in [0, 0.05) is 48.8 Å². The van der Waals surface area contributed by atoms with Gasteiger partial charge in [-0.15, -0.1) is 16.4 Å². The number of ether oxygens (including phenoxy) is 1. The van der Waals surface area contributed by atoms with Crippen molar-refractivity contribution in [2.75, 3.05) is 13.7 Å². The number of aryl methyl sites for hydroxylation is 2. The van der Waals surface area contributed by atoms with Gasteiger partial charge in [-0.1, -0.05) is 5.21 Å². The summed E-state index contributed by atoms with van der Waals surface area (Å²) in [5.74, 6) is 0. The van der Waals surface area contributed by atoms with Crippen LogP contribution in [-0.2, 0) is 31.4 Å². The fraction of sp³-hybridized carbons (Fsp3) is 0.471. The van der Waals surface area contributed by atoms with Crippen molar-refractivity contribution in [3.05, 3.63) is 40.0 Å². The molecular weight excluding hydrogens is 336 g/mol. The summed E-state index contributed by atoms with van der Waals surface area (Å²) in [6, 6.07) is 4.70. The summed E-state index contributed by atoms with van der Waals surface area (Å²) in [5, 5.41) is 13.0. The van der Waals surface area contributed by atoms with E-state index in [0.717, 1.165) is 36.6 Å². The Morgan fingerprint density at radius 3 is 2.92 bits per heavy atom. The van der Waals surface area contributed by atoms with E-state index in [-0.39, 0.29) is 0 Å². The Morgan fingerprint density at radius 2 is 2.24 bits per heavy atom. The van der Waals surface area contributed by atoms with Crippen LogP contribution in [0, 0.1) is 6.92 Å². The van der Waals surface area contributed by atoms with Crippen molar-refractivity contribution in [2.45, 2.75) is 32.6 Å². The average Bonchev–Trinajstić information content (AvgIpc) is 3.28. The van der Waals surface area contributed by atoms with E-state index in [9.17, 15) is 0 Å². The quantitative estimate of drug-likeness (QED) is 0.699. The minimum Gasteiger partial charge on any atom is -0.383 e. The molecule has 0 spiro atoms. The molecule has 0 fully saturated rings. The second-order valence-corrected chi connectivity index (χ2v) is 7.87. The molecule has 0 unspecified atom stereocenters. The van der Waals surface area contributed by atoms with E-state index in [1.165, 1.54) is 9.75 Å². The van der Waals surface area contributed by atoms with Gasteiger partial charge in [-0.3, -0.25) is 9.58 Å². The number of methoxy groups -OCH3 is 1. The van der Waals surface area contributed by atoms with Gasteiger partial charge in [-0.05, 0) is 19.1 Å². The molecule has 0 saturated heterocycles. The topological polar surface area (TPSA) is 61.0 Å². The van der Waals surface area contributed by atoms with Crippen molar-refractivity contribution < 1.29 is 4.74 Å². The van der Waals surface area contributed by atoms with Gasteiger partial charge in [0.1, 0.15) is 5.69 Å². The van der Waals surface area contributed by atoms with Crippen molar-refractivity contribution in [1.82, 2.24) is 29.7 Å². The predicted molar refractivity (Wildman–Crippen MR) is 96.2 cm³/mol. The minimum atomic E-state index is 0.295. The number of rotatable bonds is 5. The summed E-state index contributed by atoms with van der Waals surface area (Å²) in [7, 11) is 3.67. The van der Waals surface area contributed by atoms with Gasteiger partial charge in [0.05, 0.1) is 31.1 Å². The molecule has 7 nitrogen and oxygen atoms in total. The molecule has 1 aliphatic rings. The summed E-state index contributed by atoms with van der Waals surface area (Å²) in [6.45, 7) is 5.36. The highest BCUT2D eigenvalue weighted by atomic mass is 32.1. The Labute approximate surface area is 150 Å². The molecule has 0 aliphatic carbocycles. The Kier molecular flexibility index (Phi) is 4.41. The first-order chi connectivity index (χ1) is 12.1. The molecule has 8 heteroatoms. The largest absolute Gasteiger partial charge is 0.383 e. The molecule has 0 aromatic carbocycles. The van der Waals surface area contributed by atoms with E-state index in [2.05, 4.69) is 39.4 Å². The molecule has 0 radical (unpaired) electrons. The zero-order valence-electron chi connectivity index (χ0n) is 14.7. The lowest BCUT2D eigenvalue weighted by atomic mass is 10.1. The number of aromatic nitrogens is 5. The molecule has 0 saturated carbocycles. The van der Waals surface area contributed by atoms with Crippen LogP contribution in [0.2, 0.25) is 0 Å². The highest BCUT2D eigenvalue weighted by Crippen LogP contribution is 2.28. The van der Waals surface area contributed by atoms with E-state index >= 15 is 0 Å². The Bertz CT molecular complexity index is 866. The van der Waals surface area contributed by atoms with Gasteiger partial charge in [-0.2, -0.15) is 5.10 Å². The molecule has 4 rings (SSSR count). The first kappa shape index (κ1) is 16.4. The maximum absolute atomic E-state index is 5.45. The normalized spacial score (nSPS) is 17.8. The van der Waals surface area contributed by atoms with Gasteiger partial charge >= 0.3 is 0 Å². The molecule has 0 bridgehead atoms. The summed E-state index contributed by atoms with van der Waals surface area (Å²) in [6.07, 6.45) is 3.83. The van der Waals surface area contributed by atoms with E-state index in [0.29, 0.717) is 12.6 Å². The van der Waals surface area contributed by atoms with Gasteiger partial charge < -0.3 is 4.74 Å². The van der Waals surface area contributed by atoms with Gasteiger partial charge in [0.2, 0.25) is 0 Å². The van der Waals surface area contributed by atoms with Crippen LogP contribution in [0.4, 0.5) is 0 Å². The van der Waals surface area contributed by atoms with Crippen molar-refractivity contribution in [3.63, 3.8) is 0 Å². The monoisotopic (exact) mass is 358 g/mol. The van der Waals surface area contributed by atoms with Crippen molar-refractivity contribution in [1.29, 1.82) is 0 Å². The first-order valence-electron chi connectivity index (χ1n) is 8.33. The van der Waals surface area contributed by atoms with E-state index in [1.807, 2.05) is 35.5 Å². The fourth-order valence-electron chi connectivity index (χ4n) is 3.35. The third-order valence-electron chi connectivity index (χ3n) is 4.58. The minimum absolute atomic E-state index is 0.295. The first-order valence-corrected chi connectivity index (χ1v) is 9.15. The number of fused-ring (bicyclic) bond motifs is 1. The highest BCUT2D eigenvalue weighted by molar-refractivity contribution is 7.11. The van der Waals surface area contributed by atoms with Crippen LogP contribution in [-0.4, -0.2) is 49.4 Å². The van der Waals surface area contributed by atoms with Crippen molar-refractivity contribution >= 4 is 11.3 Å². The third kappa shape index (κ3) is 3.24. The zero-order valence-corrected chi connectivity index (χ0v) is 15.5. The summed E-state index contributed by atoms with van der Waals surface area (Å²) < 4.78 is 9.26. The van der Waals surface area contributed by atoms with Gasteiger partial charge in [0.25, 0.3) is 0 Å². The molecule has 1 aliphatic heterocycles. The van der Waals surface area contributed by atoms with Crippen LogP contribution < -0.4 is 0 Å². The van der Waals surface area contributed by atoms with Crippen molar-refractivity contribution in [2.24, 2.45) is 7.05 Å². The average molecular weight is 358 g/mol. The molecule has 3 aromatic heterocycles. The SMILES string of the molecule is COC[C@@H]1Cn2nnc(-c3cnn(C)c3)c2CN1Cc1ccc(C)s1. The summed E-state index contributed by atoms with van der Waals surface area (Å²) in [5.41, 5.74) is 3.09. The molecule has 3 aromatic rings. The molecule has 0 amide bonds. The molecular formula is C17H22N6OS. The number of hydrogen-bond donors (Lipinski definition) is 0. The summed E-state index contributed by atoms with van der Waals surface area (Å²) in [4.78, 5) is 5.19. The Hall–Kier alpha value is -2.03.